The highest BCUT2D eigenvalue weighted by atomic mass is 15.3. The van der Waals surface area contributed by atoms with E-state index < -0.39 is 0 Å². The van der Waals surface area contributed by atoms with Crippen LogP contribution in [0.25, 0.3) is 0 Å². The third kappa shape index (κ3) is 2.46. The van der Waals surface area contributed by atoms with Crippen LogP contribution in [0.2, 0.25) is 0 Å². The number of nitrogens with zero attached hydrogens (tertiary/aromatic N) is 2. The van der Waals surface area contributed by atoms with Crippen LogP contribution in [-0.4, -0.2) is 17.8 Å². The second-order valence-electron chi connectivity index (χ2n) is 15.8. The summed E-state index contributed by atoms with van der Waals surface area (Å²) in [5.74, 6) is 0. The first-order chi connectivity index (χ1) is 18.2. The van der Waals surface area contributed by atoms with Crippen LogP contribution in [0.1, 0.15) is 105 Å². The topological polar surface area (TPSA) is 6.48 Å². The monoisotopic (exact) mass is 514 g/mol. The summed E-state index contributed by atoms with van der Waals surface area (Å²) >= 11 is 0. The Morgan fingerprint density at radius 1 is 0.718 bits per heavy atom. The minimum atomic E-state index is -0.0446. The van der Waals surface area contributed by atoms with E-state index >= 15 is 0 Å². The van der Waals surface area contributed by atoms with Crippen molar-refractivity contribution in [1.29, 1.82) is 0 Å². The molecule has 8 rings (SSSR count). The van der Waals surface area contributed by atoms with Crippen LogP contribution in [-0.2, 0) is 16.2 Å². The predicted octanol–water partition coefficient (Wildman–Crippen LogP) is 7.08. The molecule has 0 N–H and O–H groups in total. The summed E-state index contributed by atoms with van der Waals surface area (Å²) in [7, 11) is 0. The van der Waals surface area contributed by atoms with Crippen molar-refractivity contribution >= 4 is 45.9 Å². The fourth-order valence-corrected chi connectivity index (χ4v) is 9.45. The van der Waals surface area contributed by atoms with E-state index in [4.69, 9.17) is 0 Å². The van der Waals surface area contributed by atoms with E-state index in [0.29, 0.717) is 0 Å². The van der Waals surface area contributed by atoms with Crippen LogP contribution in [0.3, 0.4) is 0 Å². The quantitative estimate of drug-likeness (QED) is 0.296. The van der Waals surface area contributed by atoms with Gasteiger partial charge in [-0.05, 0) is 84.2 Å². The molecule has 0 spiro atoms. The lowest BCUT2D eigenvalue weighted by atomic mass is 9.33. The van der Waals surface area contributed by atoms with Crippen molar-refractivity contribution in [2.45, 2.75) is 115 Å². The third-order valence-electron chi connectivity index (χ3n) is 12.6. The average Bonchev–Trinajstić information content (AvgIpc) is 3.18. The van der Waals surface area contributed by atoms with Gasteiger partial charge in [0.15, 0.2) is 0 Å². The van der Waals surface area contributed by atoms with E-state index in [0.717, 1.165) is 0 Å². The summed E-state index contributed by atoms with van der Waals surface area (Å²) in [5, 5.41) is 0. The molecule has 2 nitrogen and oxygen atoms in total. The molecule has 3 aromatic rings. The maximum Gasteiger partial charge on any atom is 0.252 e. The Labute approximate surface area is 235 Å². The van der Waals surface area contributed by atoms with Crippen LogP contribution in [0, 0.1) is 0 Å². The number of para-hydroxylation sites is 1. The smallest absolute Gasteiger partial charge is 0.252 e. The van der Waals surface area contributed by atoms with Gasteiger partial charge in [-0.1, -0.05) is 90.8 Å². The van der Waals surface area contributed by atoms with Crippen LogP contribution in [0.5, 0.6) is 0 Å². The molecule has 0 saturated heterocycles. The van der Waals surface area contributed by atoms with Gasteiger partial charge in [-0.2, -0.15) is 0 Å². The zero-order valence-corrected chi connectivity index (χ0v) is 25.4. The normalized spacial score (nSPS) is 28.2. The van der Waals surface area contributed by atoms with Crippen molar-refractivity contribution in [3.63, 3.8) is 0 Å². The molecule has 39 heavy (non-hydrogen) atoms. The van der Waals surface area contributed by atoms with Gasteiger partial charge in [0.25, 0.3) is 6.71 Å². The standard InChI is InChI=1S/C36H43BN2/c1-32(2,3)22-20-24-31-26(21-22)37-25-15-12-14-23-30(25)39(36(9)19-11-10-18-35(23,36)8)28-17-13-16-27(29(28)37)38(31)34(6,7)33(24,4)5/h12-17,20-21H,10-11,18-19H2,1-9H3. The van der Waals surface area contributed by atoms with Gasteiger partial charge in [-0.25, -0.2) is 0 Å². The molecule has 2 unspecified atom stereocenters. The zero-order valence-electron chi connectivity index (χ0n) is 25.4. The number of fused-ring (bicyclic) bond motifs is 7. The van der Waals surface area contributed by atoms with Crippen molar-refractivity contribution in [2.75, 3.05) is 9.80 Å². The van der Waals surface area contributed by atoms with E-state index in [2.05, 4.69) is 121 Å². The van der Waals surface area contributed by atoms with Gasteiger partial charge in [-0.15, -0.1) is 0 Å². The minimum Gasteiger partial charge on any atom is -0.336 e. The minimum absolute atomic E-state index is 0.0178. The van der Waals surface area contributed by atoms with Crippen LogP contribution in [0.4, 0.5) is 22.7 Å². The first-order valence-corrected chi connectivity index (χ1v) is 15.3. The molecule has 5 aliphatic rings. The van der Waals surface area contributed by atoms with Gasteiger partial charge in [0, 0.05) is 39.1 Å². The van der Waals surface area contributed by atoms with Gasteiger partial charge in [0.05, 0.1) is 5.54 Å². The molecule has 2 atom stereocenters. The Balaban J connectivity index is 1.53. The number of benzene rings is 3. The number of rotatable bonds is 0. The maximum atomic E-state index is 2.83. The zero-order chi connectivity index (χ0) is 27.5. The largest absolute Gasteiger partial charge is 0.336 e. The molecule has 1 aliphatic carbocycles. The Morgan fingerprint density at radius 3 is 2.08 bits per heavy atom. The first kappa shape index (κ1) is 24.1. The molecule has 4 heterocycles. The highest BCUT2D eigenvalue weighted by Crippen LogP contribution is 2.62. The number of hydrogen-bond acceptors (Lipinski definition) is 2. The second kappa shape index (κ2) is 6.78. The van der Waals surface area contributed by atoms with Crippen LogP contribution >= 0.6 is 0 Å². The molecule has 0 radical (unpaired) electrons. The molecule has 3 heteroatoms. The van der Waals surface area contributed by atoms with Gasteiger partial charge in [0.2, 0.25) is 0 Å². The first-order valence-electron chi connectivity index (χ1n) is 15.3. The van der Waals surface area contributed by atoms with Crippen molar-refractivity contribution in [1.82, 2.24) is 0 Å². The molecule has 3 aromatic carbocycles. The molecule has 1 fully saturated rings. The highest BCUT2D eigenvalue weighted by Gasteiger charge is 2.63. The summed E-state index contributed by atoms with van der Waals surface area (Å²) in [6, 6.07) is 19.7. The van der Waals surface area contributed by atoms with E-state index in [1.165, 1.54) is 75.9 Å². The van der Waals surface area contributed by atoms with Gasteiger partial charge in [-0.3, -0.25) is 0 Å². The Morgan fingerprint density at radius 2 is 1.36 bits per heavy atom. The maximum absolute atomic E-state index is 2.83. The molecule has 200 valence electrons. The van der Waals surface area contributed by atoms with Gasteiger partial charge < -0.3 is 9.80 Å². The average molecular weight is 515 g/mol. The fourth-order valence-electron chi connectivity index (χ4n) is 9.45. The lowest BCUT2D eigenvalue weighted by Gasteiger charge is -2.53. The van der Waals surface area contributed by atoms with Crippen molar-refractivity contribution in [3.8, 4) is 0 Å². The molecular formula is C36H43BN2. The lowest BCUT2D eigenvalue weighted by Crippen LogP contribution is -2.66. The molecule has 0 bridgehead atoms. The Bertz CT molecular complexity index is 1610. The van der Waals surface area contributed by atoms with E-state index in [9.17, 15) is 0 Å². The molecule has 0 amide bonds. The van der Waals surface area contributed by atoms with Gasteiger partial charge in [0.1, 0.15) is 0 Å². The fraction of sp³-hybridized carbons (Fsp3) is 0.500. The third-order valence-corrected chi connectivity index (χ3v) is 12.6. The van der Waals surface area contributed by atoms with E-state index in [1.807, 2.05) is 0 Å². The summed E-state index contributed by atoms with van der Waals surface area (Å²) in [4.78, 5) is 5.58. The number of hydrogen-bond donors (Lipinski definition) is 0. The molecule has 4 aliphatic heterocycles. The Kier molecular flexibility index (Phi) is 4.20. The van der Waals surface area contributed by atoms with Crippen molar-refractivity contribution in [2.24, 2.45) is 0 Å². The number of anilines is 4. The lowest BCUT2D eigenvalue weighted by molar-refractivity contribution is 0.195. The Hall–Kier alpha value is -2.68. The van der Waals surface area contributed by atoms with Crippen molar-refractivity contribution < 1.29 is 0 Å². The summed E-state index contributed by atoms with van der Waals surface area (Å²) < 4.78 is 0. The highest BCUT2D eigenvalue weighted by molar-refractivity contribution is 7.00. The predicted molar refractivity (Wildman–Crippen MR) is 168 cm³/mol. The molecule has 1 saturated carbocycles. The van der Waals surface area contributed by atoms with E-state index in [-0.39, 0.29) is 34.0 Å². The summed E-state index contributed by atoms with van der Waals surface area (Å²) in [6.45, 7) is 22.4. The van der Waals surface area contributed by atoms with Crippen LogP contribution in [0.15, 0.2) is 48.5 Å². The van der Waals surface area contributed by atoms with E-state index in [1.54, 1.807) is 5.56 Å². The molecular weight excluding hydrogens is 471 g/mol. The van der Waals surface area contributed by atoms with Gasteiger partial charge >= 0.3 is 0 Å². The second-order valence-corrected chi connectivity index (χ2v) is 15.8. The SMILES string of the molecule is CC(C)(C)c1cc2c3c(c1)C(C)(C)C(C)(C)N3c1cccc3c1B2c1cccc2c1N3C1(C)CCCCC21C. The summed E-state index contributed by atoms with van der Waals surface area (Å²) in [6.07, 6.45) is 5.18. The van der Waals surface area contributed by atoms with Crippen LogP contribution < -0.4 is 26.2 Å². The summed E-state index contributed by atoms with van der Waals surface area (Å²) in [5.41, 5.74) is 15.4. The van der Waals surface area contributed by atoms with Crippen molar-refractivity contribution in [3.05, 3.63) is 65.2 Å². The molecule has 0 aromatic heterocycles.